The van der Waals surface area contributed by atoms with Gasteiger partial charge in [0.1, 0.15) is 10.2 Å². The van der Waals surface area contributed by atoms with E-state index in [-0.39, 0.29) is 16.4 Å². The Labute approximate surface area is 146 Å². The molecule has 1 aliphatic rings. The van der Waals surface area contributed by atoms with Crippen molar-refractivity contribution < 1.29 is 0 Å². The van der Waals surface area contributed by atoms with Crippen LogP contribution in [0.2, 0.25) is 0 Å². The molecule has 124 valence electrons. The van der Waals surface area contributed by atoms with Crippen LogP contribution in [0.5, 0.6) is 0 Å². The number of aromatic amines is 2. The Morgan fingerprint density at radius 3 is 2.88 bits per heavy atom. The molecule has 3 heterocycles. The smallest absolute Gasteiger partial charge is 0.271 e. The van der Waals surface area contributed by atoms with Gasteiger partial charge in [-0.15, -0.1) is 0 Å². The fraction of sp³-hybridized carbons (Fsp3) is 0.158. The summed E-state index contributed by atoms with van der Waals surface area (Å²) in [6.07, 6.45) is 0. The third-order valence-corrected chi connectivity index (χ3v) is 5.79. The van der Waals surface area contributed by atoms with Gasteiger partial charge in [0.15, 0.2) is 0 Å². The van der Waals surface area contributed by atoms with Crippen LogP contribution < -0.4 is 16.3 Å². The molecule has 2 aromatic carbocycles. The summed E-state index contributed by atoms with van der Waals surface area (Å²) in [6.45, 7) is 3.01. The summed E-state index contributed by atoms with van der Waals surface area (Å²) in [5, 5.41) is 4.20. The van der Waals surface area contributed by atoms with Gasteiger partial charge >= 0.3 is 0 Å². The number of H-pyrrole nitrogens is 2. The van der Waals surface area contributed by atoms with Crippen molar-refractivity contribution in [3.05, 3.63) is 68.1 Å². The second-order valence-electron chi connectivity index (χ2n) is 6.44. The van der Waals surface area contributed by atoms with Crippen molar-refractivity contribution in [2.45, 2.75) is 19.5 Å². The van der Waals surface area contributed by atoms with Gasteiger partial charge in [-0.3, -0.25) is 14.0 Å². The number of aromatic nitrogens is 2. The average Bonchev–Trinajstić information content (AvgIpc) is 3.18. The molecule has 1 atom stereocenters. The molecule has 0 saturated heterocycles. The fourth-order valence-corrected chi connectivity index (χ4v) is 4.43. The number of nitrogens with one attached hydrogen (secondary N) is 3. The maximum absolute atomic E-state index is 13.0. The van der Waals surface area contributed by atoms with E-state index in [1.54, 1.807) is 0 Å². The van der Waals surface area contributed by atoms with Crippen molar-refractivity contribution in [3.63, 3.8) is 0 Å². The lowest BCUT2D eigenvalue weighted by Crippen LogP contribution is -2.12. The molecule has 0 spiro atoms. The van der Waals surface area contributed by atoms with Crippen molar-refractivity contribution in [3.8, 4) is 11.1 Å². The fourth-order valence-electron chi connectivity index (χ4n) is 3.69. The van der Waals surface area contributed by atoms with Gasteiger partial charge in [-0.25, -0.2) is 0 Å². The van der Waals surface area contributed by atoms with Crippen LogP contribution in [0.3, 0.4) is 0 Å². The summed E-state index contributed by atoms with van der Waals surface area (Å²) in [5.41, 5.74) is 4.61. The topological polar surface area (TPSA) is 77.8 Å². The van der Waals surface area contributed by atoms with Gasteiger partial charge in [0.25, 0.3) is 5.56 Å². The monoisotopic (exact) mass is 349 g/mol. The minimum atomic E-state index is -0.329. The van der Waals surface area contributed by atoms with E-state index < -0.39 is 0 Å². The lowest BCUT2D eigenvalue weighted by molar-refractivity contribution is 0.633. The molecule has 1 unspecified atom stereocenters. The Morgan fingerprint density at radius 1 is 1.12 bits per heavy atom. The second-order valence-corrected chi connectivity index (χ2v) is 7.25. The van der Waals surface area contributed by atoms with Gasteiger partial charge in [-0.1, -0.05) is 24.3 Å². The Kier molecular flexibility index (Phi) is 3.01. The van der Waals surface area contributed by atoms with E-state index in [0.717, 1.165) is 34.7 Å². The van der Waals surface area contributed by atoms with Crippen LogP contribution in [0.4, 0.5) is 0 Å². The Hall–Kier alpha value is -2.70. The summed E-state index contributed by atoms with van der Waals surface area (Å²) in [7, 11) is 0. The Bertz CT molecular complexity index is 1270. The van der Waals surface area contributed by atoms with E-state index in [4.69, 9.17) is 0 Å². The molecule has 25 heavy (non-hydrogen) atoms. The first-order chi connectivity index (χ1) is 12.1. The van der Waals surface area contributed by atoms with Crippen LogP contribution in [-0.2, 0) is 6.54 Å². The zero-order valence-corrected chi connectivity index (χ0v) is 14.3. The second kappa shape index (κ2) is 5.15. The predicted molar refractivity (Wildman–Crippen MR) is 101 cm³/mol. The largest absolute Gasteiger partial charge is 0.345 e. The number of hydrogen-bond acceptors (Lipinski definition) is 4. The van der Waals surface area contributed by atoms with Crippen molar-refractivity contribution in [2.24, 2.45) is 0 Å². The van der Waals surface area contributed by atoms with Crippen LogP contribution in [0, 0.1) is 0 Å². The van der Waals surface area contributed by atoms with Crippen LogP contribution in [0.15, 0.2) is 46.0 Å². The van der Waals surface area contributed by atoms with E-state index in [0.29, 0.717) is 16.3 Å². The third kappa shape index (κ3) is 2.04. The summed E-state index contributed by atoms with van der Waals surface area (Å²) >= 11 is 1.16. The molecule has 0 bridgehead atoms. The molecule has 5 rings (SSSR count). The molecule has 1 aliphatic heterocycles. The first-order valence-electron chi connectivity index (χ1n) is 8.16. The van der Waals surface area contributed by atoms with Crippen molar-refractivity contribution in [1.29, 1.82) is 0 Å². The molecule has 2 aromatic heterocycles. The first-order valence-corrected chi connectivity index (χ1v) is 8.98. The highest BCUT2D eigenvalue weighted by atomic mass is 32.1. The van der Waals surface area contributed by atoms with E-state index in [1.165, 1.54) is 11.1 Å². The molecule has 6 heteroatoms. The number of pyridine rings is 1. The van der Waals surface area contributed by atoms with Crippen LogP contribution in [0.1, 0.15) is 24.1 Å². The van der Waals surface area contributed by atoms with Crippen LogP contribution in [-0.4, -0.2) is 9.36 Å². The van der Waals surface area contributed by atoms with E-state index in [9.17, 15) is 9.59 Å². The lowest BCUT2D eigenvalue weighted by Gasteiger charge is -2.10. The third-order valence-electron chi connectivity index (χ3n) is 4.99. The lowest BCUT2D eigenvalue weighted by atomic mass is 9.95. The molecule has 0 fully saturated rings. The highest BCUT2D eigenvalue weighted by Crippen LogP contribution is 2.32. The van der Waals surface area contributed by atoms with Crippen LogP contribution >= 0.6 is 11.5 Å². The molecule has 4 aromatic rings. The normalized spacial score (nSPS) is 16.6. The summed E-state index contributed by atoms with van der Waals surface area (Å²) < 4.78 is 2.64. The zero-order chi connectivity index (χ0) is 17.1. The SMILES string of the molecule is CC1NCc2ccc(-c3cccc4[nH]c5s[nH]c(=O)c5c(=O)c34)cc21. The highest BCUT2D eigenvalue weighted by Gasteiger charge is 2.20. The standard InChI is InChI=1S/C19H15N3O2S/c1-9-13-7-10(5-6-11(13)8-20-9)12-3-2-4-14-15(12)17(23)16-18(24)22-25-19(16)21-14/h2-7,9,20H,8H2,1H3,(H,21,23)(H,22,24). The van der Waals surface area contributed by atoms with Gasteiger partial charge in [0.2, 0.25) is 5.43 Å². The molecule has 0 amide bonds. The first kappa shape index (κ1) is 14.6. The zero-order valence-electron chi connectivity index (χ0n) is 13.5. The van der Waals surface area contributed by atoms with E-state index in [2.05, 4.69) is 39.8 Å². The number of fused-ring (bicyclic) bond motifs is 3. The quantitative estimate of drug-likeness (QED) is 0.494. The summed E-state index contributed by atoms with van der Waals surface area (Å²) in [6, 6.07) is 12.4. The van der Waals surface area contributed by atoms with Crippen molar-refractivity contribution in [2.75, 3.05) is 0 Å². The minimum absolute atomic E-state index is 0.209. The Balaban J connectivity index is 1.87. The van der Waals surface area contributed by atoms with E-state index in [1.807, 2.05) is 18.2 Å². The van der Waals surface area contributed by atoms with E-state index >= 15 is 0 Å². The molecule has 0 aliphatic carbocycles. The van der Waals surface area contributed by atoms with Crippen LogP contribution in [0.25, 0.3) is 32.2 Å². The van der Waals surface area contributed by atoms with Gasteiger partial charge in [-0.05, 0) is 52.8 Å². The number of benzene rings is 2. The minimum Gasteiger partial charge on any atom is -0.345 e. The molecule has 0 radical (unpaired) electrons. The van der Waals surface area contributed by atoms with Gasteiger partial charge in [0, 0.05) is 12.6 Å². The maximum Gasteiger partial charge on any atom is 0.271 e. The molecule has 3 N–H and O–H groups in total. The van der Waals surface area contributed by atoms with Gasteiger partial charge < -0.3 is 10.3 Å². The highest BCUT2D eigenvalue weighted by molar-refractivity contribution is 7.12. The molecular weight excluding hydrogens is 334 g/mol. The van der Waals surface area contributed by atoms with Crippen molar-refractivity contribution >= 4 is 32.7 Å². The van der Waals surface area contributed by atoms with Crippen molar-refractivity contribution in [1.82, 2.24) is 14.7 Å². The average molecular weight is 349 g/mol. The molecular formula is C19H15N3O2S. The summed E-state index contributed by atoms with van der Waals surface area (Å²) in [5.74, 6) is 0. The van der Waals surface area contributed by atoms with Gasteiger partial charge in [0.05, 0.1) is 10.9 Å². The molecule has 5 nitrogen and oxygen atoms in total. The van der Waals surface area contributed by atoms with Gasteiger partial charge in [-0.2, -0.15) is 0 Å². The number of rotatable bonds is 1. The predicted octanol–water partition coefficient (Wildman–Crippen LogP) is 3.26. The number of hydrogen-bond donors (Lipinski definition) is 3. The Morgan fingerprint density at radius 2 is 2.00 bits per heavy atom. The maximum atomic E-state index is 13.0. The molecule has 0 saturated carbocycles. The summed E-state index contributed by atoms with van der Waals surface area (Å²) in [4.78, 5) is 28.8.